The number of hydrogen-bond acceptors (Lipinski definition) is 2. The van der Waals surface area contributed by atoms with E-state index in [9.17, 15) is 4.39 Å². The van der Waals surface area contributed by atoms with Crippen molar-refractivity contribution in [2.45, 2.75) is 27.2 Å². The minimum absolute atomic E-state index is 0.160. The Hall–Kier alpha value is -1.09. The SMILES string of the molecule is Cc1cc(NCC(C)(C)CCN)ccc1F. The third-order valence-electron chi connectivity index (χ3n) is 2.75. The number of aryl methyl sites for hydroxylation is 1. The summed E-state index contributed by atoms with van der Waals surface area (Å²) in [5.74, 6) is -0.160. The molecule has 0 aromatic heterocycles. The summed E-state index contributed by atoms with van der Waals surface area (Å²) in [5, 5.41) is 3.32. The lowest BCUT2D eigenvalue weighted by atomic mass is 9.89. The van der Waals surface area contributed by atoms with E-state index >= 15 is 0 Å². The second-order valence-electron chi connectivity index (χ2n) is 5.02. The minimum atomic E-state index is -0.160. The highest BCUT2D eigenvalue weighted by atomic mass is 19.1. The van der Waals surface area contributed by atoms with Gasteiger partial charge in [-0.25, -0.2) is 4.39 Å². The normalized spacial score (nSPS) is 11.6. The van der Waals surface area contributed by atoms with Gasteiger partial charge in [0, 0.05) is 12.2 Å². The van der Waals surface area contributed by atoms with Crippen LogP contribution in [0, 0.1) is 18.2 Å². The summed E-state index contributed by atoms with van der Waals surface area (Å²) < 4.78 is 13.0. The van der Waals surface area contributed by atoms with Crippen molar-refractivity contribution in [3.8, 4) is 0 Å². The van der Waals surface area contributed by atoms with Gasteiger partial charge in [0.05, 0.1) is 0 Å². The molecule has 0 atom stereocenters. The molecule has 0 aliphatic carbocycles. The van der Waals surface area contributed by atoms with Crippen LogP contribution in [0.5, 0.6) is 0 Å². The van der Waals surface area contributed by atoms with E-state index in [4.69, 9.17) is 5.73 Å². The number of nitrogens with two attached hydrogens (primary N) is 1. The molecule has 0 saturated heterocycles. The largest absolute Gasteiger partial charge is 0.384 e. The van der Waals surface area contributed by atoms with Crippen molar-refractivity contribution in [2.24, 2.45) is 11.1 Å². The molecule has 0 unspecified atom stereocenters. The Morgan fingerprint density at radius 2 is 2.06 bits per heavy atom. The molecule has 90 valence electrons. The first-order chi connectivity index (χ1) is 7.44. The molecule has 0 bridgehead atoms. The molecule has 2 nitrogen and oxygen atoms in total. The summed E-state index contributed by atoms with van der Waals surface area (Å²) in [4.78, 5) is 0. The number of benzene rings is 1. The zero-order valence-electron chi connectivity index (χ0n) is 10.3. The maximum absolute atomic E-state index is 13.0. The molecule has 3 heteroatoms. The van der Waals surface area contributed by atoms with Gasteiger partial charge in [0.25, 0.3) is 0 Å². The number of nitrogens with one attached hydrogen (secondary N) is 1. The molecule has 0 spiro atoms. The Labute approximate surface area is 97.0 Å². The average molecular weight is 224 g/mol. The molecular weight excluding hydrogens is 203 g/mol. The molecule has 0 amide bonds. The fourth-order valence-electron chi connectivity index (χ4n) is 1.58. The Morgan fingerprint density at radius 1 is 1.38 bits per heavy atom. The van der Waals surface area contributed by atoms with Crippen LogP contribution in [0.3, 0.4) is 0 Å². The molecule has 3 N–H and O–H groups in total. The van der Waals surface area contributed by atoms with Gasteiger partial charge in [0.1, 0.15) is 5.82 Å². The molecule has 1 rings (SSSR count). The highest BCUT2D eigenvalue weighted by Crippen LogP contribution is 2.21. The van der Waals surface area contributed by atoms with Crippen molar-refractivity contribution in [2.75, 3.05) is 18.4 Å². The lowest BCUT2D eigenvalue weighted by molar-refractivity contribution is 0.365. The maximum atomic E-state index is 13.0. The Morgan fingerprint density at radius 3 is 2.62 bits per heavy atom. The van der Waals surface area contributed by atoms with Crippen LogP contribution in [0.15, 0.2) is 18.2 Å². The van der Waals surface area contributed by atoms with Gasteiger partial charge in [-0.05, 0) is 49.1 Å². The Balaban J connectivity index is 2.57. The van der Waals surface area contributed by atoms with Gasteiger partial charge in [-0.3, -0.25) is 0 Å². The molecule has 0 aliphatic rings. The minimum Gasteiger partial charge on any atom is -0.384 e. The maximum Gasteiger partial charge on any atom is 0.126 e. The number of anilines is 1. The van der Waals surface area contributed by atoms with E-state index in [1.807, 2.05) is 6.07 Å². The predicted molar refractivity (Wildman–Crippen MR) is 67.1 cm³/mol. The summed E-state index contributed by atoms with van der Waals surface area (Å²) >= 11 is 0. The van der Waals surface area contributed by atoms with E-state index < -0.39 is 0 Å². The zero-order valence-corrected chi connectivity index (χ0v) is 10.3. The van der Waals surface area contributed by atoms with Crippen molar-refractivity contribution in [3.63, 3.8) is 0 Å². The van der Waals surface area contributed by atoms with Crippen LogP contribution < -0.4 is 11.1 Å². The average Bonchev–Trinajstić information content (AvgIpc) is 2.20. The highest BCUT2D eigenvalue weighted by Gasteiger charge is 2.16. The topological polar surface area (TPSA) is 38.0 Å². The van der Waals surface area contributed by atoms with E-state index in [1.165, 1.54) is 6.07 Å². The molecular formula is C13H21FN2. The van der Waals surface area contributed by atoms with Crippen LogP contribution in [-0.2, 0) is 0 Å². The zero-order chi connectivity index (χ0) is 12.2. The van der Waals surface area contributed by atoms with Crippen LogP contribution in [0.25, 0.3) is 0 Å². The van der Waals surface area contributed by atoms with Crippen molar-refractivity contribution in [1.29, 1.82) is 0 Å². The van der Waals surface area contributed by atoms with Crippen molar-refractivity contribution >= 4 is 5.69 Å². The summed E-state index contributed by atoms with van der Waals surface area (Å²) in [6.45, 7) is 7.64. The van der Waals surface area contributed by atoms with E-state index in [0.717, 1.165) is 18.7 Å². The quantitative estimate of drug-likeness (QED) is 0.807. The van der Waals surface area contributed by atoms with Crippen LogP contribution in [0.1, 0.15) is 25.8 Å². The molecule has 1 aromatic rings. The summed E-state index contributed by atoms with van der Waals surface area (Å²) in [6, 6.07) is 5.09. The van der Waals surface area contributed by atoms with Crippen molar-refractivity contribution in [1.82, 2.24) is 0 Å². The monoisotopic (exact) mass is 224 g/mol. The Kier molecular flexibility index (Phi) is 4.30. The summed E-state index contributed by atoms with van der Waals surface area (Å²) in [6.07, 6.45) is 0.972. The van der Waals surface area contributed by atoms with Gasteiger partial charge >= 0.3 is 0 Å². The number of rotatable bonds is 5. The predicted octanol–water partition coefficient (Wildman–Crippen LogP) is 2.92. The van der Waals surface area contributed by atoms with E-state index in [0.29, 0.717) is 12.1 Å². The lowest BCUT2D eigenvalue weighted by Crippen LogP contribution is -2.26. The van der Waals surface area contributed by atoms with Crippen LogP contribution in [0.2, 0.25) is 0 Å². The van der Waals surface area contributed by atoms with Crippen LogP contribution in [0.4, 0.5) is 10.1 Å². The van der Waals surface area contributed by atoms with Gasteiger partial charge in [0.2, 0.25) is 0 Å². The second-order valence-corrected chi connectivity index (χ2v) is 5.02. The van der Waals surface area contributed by atoms with Gasteiger partial charge < -0.3 is 11.1 Å². The molecule has 0 fully saturated rings. The smallest absolute Gasteiger partial charge is 0.126 e. The van der Waals surface area contributed by atoms with Gasteiger partial charge in [-0.1, -0.05) is 13.8 Å². The molecule has 1 aromatic carbocycles. The van der Waals surface area contributed by atoms with Gasteiger partial charge in [-0.15, -0.1) is 0 Å². The third-order valence-corrected chi connectivity index (χ3v) is 2.75. The third kappa shape index (κ3) is 3.81. The first-order valence-electron chi connectivity index (χ1n) is 5.65. The first-order valence-corrected chi connectivity index (χ1v) is 5.65. The molecule has 16 heavy (non-hydrogen) atoms. The van der Waals surface area contributed by atoms with Crippen LogP contribution in [-0.4, -0.2) is 13.1 Å². The molecule has 0 aliphatic heterocycles. The fraction of sp³-hybridized carbons (Fsp3) is 0.538. The van der Waals surface area contributed by atoms with Crippen molar-refractivity contribution < 1.29 is 4.39 Å². The Bertz CT molecular complexity index is 348. The fourth-order valence-corrected chi connectivity index (χ4v) is 1.58. The number of halogens is 1. The van der Waals surface area contributed by atoms with E-state index in [-0.39, 0.29) is 11.2 Å². The summed E-state index contributed by atoms with van der Waals surface area (Å²) in [5.41, 5.74) is 7.34. The van der Waals surface area contributed by atoms with Crippen LogP contribution >= 0.6 is 0 Å². The van der Waals surface area contributed by atoms with Gasteiger partial charge in [0.15, 0.2) is 0 Å². The first kappa shape index (κ1) is 13.0. The van der Waals surface area contributed by atoms with Gasteiger partial charge in [-0.2, -0.15) is 0 Å². The molecule has 0 saturated carbocycles. The lowest BCUT2D eigenvalue weighted by Gasteiger charge is -2.24. The second kappa shape index (κ2) is 5.30. The molecule has 0 radical (unpaired) electrons. The van der Waals surface area contributed by atoms with Crippen molar-refractivity contribution in [3.05, 3.63) is 29.6 Å². The van der Waals surface area contributed by atoms with E-state index in [2.05, 4.69) is 19.2 Å². The highest BCUT2D eigenvalue weighted by molar-refractivity contribution is 5.46. The molecule has 0 heterocycles. The van der Waals surface area contributed by atoms with E-state index in [1.54, 1.807) is 13.0 Å². The number of hydrogen-bond donors (Lipinski definition) is 2. The summed E-state index contributed by atoms with van der Waals surface area (Å²) in [7, 11) is 0. The standard InChI is InChI=1S/C13H21FN2/c1-10-8-11(4-5-12(10)14)16-9-13(2,3)6-7-15/h4-5,8,16H,6-7,9,15H2,1-3H3.